The number of anilines is 2. The molecule has 8 rings (SSSR count). The highest BCUT2D eigenvalue weighted by molar-refractivity contribution is 6.00. The summed E-state index contributed by atoms with van der Waals surface area (Å²) in [7, 11) is 14.0. The number of aryl methyl sites for hydroxylation is 2. The predicted molar refractivity (Wildman–Crippen MR) is 401 cm³/mol. The summed E-state index contributed by atoms with van der Waals surface area (Å²) in [5.74, 6) is -2.29. The first-order valence-corrected chi connectivity index (χ1v) is 32.9. The molecule has 8 aromatic rings. The van der Waals surface area contributed by atoms with Crippen LogP contribution in [0.15, 0.2) is 82.8 Å². The highest BCUT2D eigenvalue weighted by Gasteiger charge is 2.34. The van der Waals surface area contributed by atoms with Gasteiger partial charge in [-0.3, -0.25) is 24.0 Å². The quantitative estimate of drug-likeness (QED) is 0.0371. The van der Waals surface area contributed by atoms with Crippen molar-refractivity contribution in [3.63, 3.8) is 0 Å². The Morgan fingerprint density at radius 2 is 0.886 bits per heavy atom. The van der Waals surface area contributed by atoms with Crippen molar-refractivity contribution in [1.82, 2.24) is 79.3 Å². The van der Waals surface area contributed by atoms with Crippen molar-refractivity contribution >= 4 is 83.0 Å². The topological polar surface area (TPSA) is 458 Å². The summed E-state index contributed by atoms with van der Waals surface area (Å²) in [4.78, 5) is 132. The number of nitrogens with one attached hydrogen (secondary N) is 3. The van der Waals surface area contributed by atoms with Gasteiger partial charge in [0.2, 0.25) is 29.5 Å². The summed E-state index contributed by atoms with van der Waals surface area (Å²) >= 11 is 0. The van der Waals surface area contributed by atoms with Gasteiger partial charge in [-0.1, -0.05) is 13.8 Å². The molecule has 105 heavy (non-hydrogen) atoms. The van der Waals surface area contributed by atoms with Crippen LogP contribution in [0, 0.1) is 35.5 Å². The zero-order valence-electron chi connectivity index (χ0n) is 64.7. The van der Waals surface area contributed by atoms with Gasteiger partial charge in [-0.25, -0.2) is 54.3 Å². The molecule has 0 fully saturated rings. The number of carbonyl (C=O) groups is 8. The number of carboxylic acid groups (broad SMARTS) is 2. The van der Waals surface area contributed by atoms with E-state index in [2.05, 4.69) is 55.8 Å². The molecule has 0 saturated heterocycles. The number of imidazole rings is 2. The fraction of sp³-hybridized carbons (Fsp3) is 0.493. The van der Waals surface area contributed by atoms with Crippen molar-refractivity contribution in [1.29, 1.82) is 0 Å². The molecule has 33 nitrogen and oxygen atoms in total. The Balaban J connectivity index is 0.000000467. The Hall–Kier alpha value is -10.7. The van der Waals surface area contributed by atoms with Gasteiger partial charge in [0.15, 0.2) is 34.5 Å². The Kier molecular flexibility index (Phi) is 32.9. The fourth-order valence-corrected chi connectivity index (χ4v) is 9.05. The van der Waals surface area contributed by atoms with E-state index in [0.717, 1.165) is 22.7 Å². The minimum absolute atomic E-state index is 0. The van der Waals surface area contributed by atoms with E-state index < -0.39 is 57.0 Å². The maximum atomic E-state index is 13.1. The molecule has 0 aromatic carbocycles. The van der Waals surface area contributed by atoms with Crippen LogP contribution in [0.1, 0.15) is 142 Å². The van der Waals surface area contributed by atoms with Crippen LogP contribution in [0.4, 0.5) is 21.2 Å². The molecule has 0 bridgehead atoms. The SMILES string of the molecule is CC(C)(C)OC(=O)NCC(C)(C)C(=O)O.CN(C)C(=O)C(C)(C)CN.CN(C)C(=O)C(C)(C)CNC(=O)OC(C)(C)C.CNC.Cc1cnc2ccc(-c3nc(C(=O)CCC(C)(C)C(=O)N(C)C)c(N)nc3-c3ncco3)cn12.Cc1cnc2ccc(-c3nc(C(=O)O)c(N)nc3-c3ncco3)cn12.Cl. The van der Waals surface area contributed by atoms with Crippen molar-refractivity contribution in [3.8, 4) is 45.7 Å². The van der Waals surface area contributed by atoms with E-state index in [1.54, 1.807) is 133 Å². The molecule has 0 unspecified atom stereocenters. The van der Waals surface area contributed by atoms with Gasteiger partial charge >= 0.3 is 24.1 Å². The molecule has 0 atom stereocenters. The largest absolute Gasteiger partial charge is 0.481 e. The van der Waals surface area contributed by atoms with Gasteiger partial charge in [0.1, 0.15) is 52.1 Å². The lowest BCUT2D eigenvalue weighted by atomic mass is 9.85. The minimum Gasteiger partial charge on any atom is -0.481 e. The number of Topliss-reactive ketones (excluding diaryl/α,β-unsaturated/α-hetero) is 1. The molecular formula is C71H106ClN19O14. The number of aromatic nitrogens is 10. The zero-order valence-corrected chi connectivity index (χ0v) is 65.5. The number of hydrogen-bond acceptors (Lipinski definition) is 24. The third-order valence-corrected chi connectivity index (χ3v) is 14.7. The van der Waals surface area contributed by atoms with E-state index in [9.17, 15) is 43.5 Å². The molecule has 8 heterocycles. The third-order valence-electron chi connectivity index (χ3n) is 14.7. The Labute approximate surface area is 618 Å². The number of oxazole rings is 2. The van der Waals surface area contributed by atoms with Gasteiger partial charge in [-0.05, 0) is 142 Å². The van der Waals surface area contributed by atoms with Crippen LogP contribution >= 0.6 is 12.4 Å². The van der Waals surface area contributed by atoms with Crippen LogP contribution in [0.25, 0.3) is 57.0 Å². The van der Waals surface area contributed by atoms with Crippen LogP contribution in [0.3, 0.4) is 0 Å². The van der Waals surface area contributed by atoms with E-state index in [1.165, 1.54) is 48.6 Å². The molecule has 34 heteroatoms. The highest BCUT2D eigenvalue weighted by atomic mass is 35.5. The van der Waals surface area contributed by atoms with Gasteiger partial charge in [-0.2, -0.15) is 0 Å². The third kappa shape index (κ3) is 26.8. The second-order valence-electron chi connectivity index (χ2n) is 29.2. The molecule has 0 saturated carbocycles. The summed E-state index contributed by atoms with van der Waals surface area (Å²) in [6.07, 6.45) is 12.3. The van der Waals surface area contributed by atoms with Gasteiger partial charge < -0.3 is 85.2 Å². The van der Waals surface area contributed by atoms with Crippen molar-refractivity contribution in [2.45, 2.75) is 135 Å². The number of carbonyl (C=O) groups excluding carboxylic acids is 6. The first-order chi connectivity index (χ1) is 48.0. The molecule has 8 aromatic heterocycles. The maximum absolute atomic E-state index is 13.1. The number of hydrogen-bond donors (Lipinski definition) is 8. The van der Waals surface area contributed by atoms with Crippen molar-refractivity contribution in [2.24, 2.45) is 27.4 Å². The zero-order chi connectivity index (χ0) is 79.4. The number of alkyl carbamates (subject to hydrolysis) is 2. The molecule has 0 aliphatic heterocycles. The number of amides is 5. The average molecular weight is 1490 g/mol. The van der Waals surface area contributed by atoms with E-state index >= 15 is 0 Å². The first kappa shape index (κ1) is 90.4. The molecule has 0 radical (unpaired) electrons. The number of nitrogens with two attached hydrogens (primary N) is 3. The van der Waals surface area contributed by atoms with Gasteiger partial charge in [0.25, 0.3) is 0 Å². The Morgan fingerprint density at radius 1 is 0.524 bits per heavy atom. The Morgan fingerprint density at radius 3 is 1.22 bits per heavy atom. The number of ether oxygens (including phenoxy) is 2. The molecule has 5 amide bonds. The molecule has 0 aliphatic rings. The lowest BCUT2D eigenvalue weighted by molar-refractivity contribution is -0.146. The van der Waals surface area contributed by atoms with Crippen LogP contribution in [-0.4, -0.2) is 208 Å². The van der Waals surface area contributed by atoms with Gasteiger partial charge in [0.05, 0.1) is 28.6 Å². The number of pyridine rings is 2. The smallest absolute Gasteiger partial charge is 0.407 e. The lowest BCUT2D eigenvalue weighted by Gasteiger charge is -2.28. The lowest BCUT2D eigenvalue weighted by Crippen LogP contribution is -2.45. The summed E-state index contributed by atoms with van der Waals surface area (Å²) in [6.45, 7) is 29.1. The minimum atomic E-state index is -1.26. The van der Waals surface area contributed by atoms with Gasteiger partial charge in [-0.15, -0.1) is 12.4 Å². The summed E-state index contributed by atoms with van der Waals surface area (Å²) < 4.78 is 24.6. The normalized spacial score (nSPS) is 11.3. The number of nitrogen functional groups attached to an aromatic ring is 2. The summed E-state index contributed by atoms with van der Waals surface area (Å²) in [5, 5.41) is 25.9. The fourth-order valence-electron chi connectivity index (χ4n) is 9.05. The van der Waals surface area contributed by atoms with E-state index in [4.69, 9.17) is 40.6 Å². The molecule has 0 aliphatic carbocycles. The van der Waals surface area contributed by atoms with Crippen molar-refractivity contribution < 1.29 is 66.9 Å². The number of ketones is 1. The number of halogens is 1. The van der Waals surface area contributed by atoms with Crippen LogP contribution in [-0.2, 0) is 28.7 Å². The van der Waals surface area contributed by atoms with E-state index in [-0.39, 0.29) is 95.9 Å². The molecule has 11 N–H and O–H groups in total. The van der Waals surface area contributed by atoms with E-state index in [0.29, 0.717) is 41.2 Å². The summed E-state index contributed by atoms with van der Waals surface area (Å²) in [5.41, 5.74) is 19.3. The number of carboxylic acids is 2. The average Bonchev–Trinajstić information content (AvgIpc) is 1.77. The summed E-state index contributed by atoms with van der Waals surface area (Å²) in [6, 6.07) is 7.29. The second kappa shape index (κ2) is 38.2. The van der Waals surface area contributed by atoms with E-state index in [1.807, 2.05) is 82.8 Å². The van der Waals surface area contributed by atoms with Gasteiger partial charge in [0, 0.05) is 121 Å². The molecule has 576 valence electrons. The molecule has 0 spiro atoms. The number of rotatable bonds is 18. The number of aromatic carboxylic acids is 1. The second-order valence-corrected chi connectivity index (χ2v) is 29.2. The van der Waals surface area contributed by atoms with Crippen molar-refractivity contribution in [2.75, 3.05) is 87.5 Å². The number of nitrogens with zero attached hydrogens (tertiary/aromatic N) is 13. The van der Waals surface area contributed by atoms with Crippen LogP contribution < -0.4 is 33.2 Å². The van der Waals surface area contributed by atoms with Crippen LogP contribution in [0.5, 0.6) is 0 Å². The molecular weight excluding hydrogens is 1380 g/mol. The van der Waals surface area contributed by atoms with Crippen LogP contribution in [0.2, 0.25) is 0 Å². The predicted octanol–water partition coefficient (Wildman–Crippen LogP) is 9.01. The number of fused-ring (bicyclic) bond motifs is 2. The first-order valence-electron chi connectivity index (χ1n) is 32.9. The van der Waals surface area contributed by atoms with Crippen molar-refractivity contribution in [3.05, 3.63) is 96.7 Å². The Bertz CT molecular complexity index is 4240. The monoisotopic (exact) mass is 1480 g/mol. The number of aliphatic carboxylic acids is 1. The standard InChI is InChI=1S/C24H27N7O3.C16H12N6O3.C12H24N2O3.C10H19NO4.C7H16N2O.C2H7N.ClH/c1-14-12-27-17-7-6-15(13-31(14)17)18-20(22-26-10-11-34-22)29-21(25)19(28-18)16(32)8-9-24(2,3)23(33)30(4)5;1-8-6-19-10-3-2-9(7-22(8)10)11-12(15-18-4-5-25-15)21-14(17)13(20-11)16(23)24;1-11(2,3)17-10(16)13-8-12(4,5)9(15)14(6)7;1-9(2,3)15-8(14)11-6-10(4,5)7(12)13;1-7(2,5-8)6(10)9(3)4;1-3-2;/h6-7,10-13H,8-9H2,1-5H3,(H2,25,29);2-7H,1H3,(H2,17,21)(H,23,24);8H2,1-7H3,(H,13,16);6H2,1-5H3,(H,11,14)(H,12,13);5,8H2,1-4H3;3H,1-2H3;1H. The highest BCUT2D eigenvalue weighted by Crippen LogP contribution is 2.34. The maximum Gasteiger partial charge on any atom is 0.407 e.